The number of morpholine rings is 1. The molecule has 2 saturated heterocycles. The summed E-state index contributed by atoms with van der Waals surface area (Å²) in [5.41, 5.74) is 2.77. The molecule has 148 valence electrons. The molecule has 0 unspecified atom stereocenters. The molecule has 2 fully saturated rings. The molecule has 1 N–H and O–H groups in total. The fourth-order valence-corrected chi connectivity index (χ4v) is 4.26. The van der Waals surface area contributed by atoms with Crippen molar-refractivity contribution >= 4 is 5.91 Å². The lowest BCUT2D eigenvalue weighted by atomic mass is 10.1. The van der Waals surface area contributed by atoms with Crippen LogP contribution in [0, 0.1) is 0 Å². The van der Waals surface area contributed by atoms with Crippen LogP contribution in [-0.2, 0) is 4.74 Å². The number of hydrogen-bond acceptors (Lipinski definition) is 5. The predicted molar refractivity (Wildman–Crippen MR) is 108 cm³/mol. The van der Waals surface area contributed by atoms with E-state index in [-0.39, 0.29) is 18.1 Å². The van der Waals surface area contributed by atoms with E-state index in [2.05, 4.69) is 27.3 Å². The average molecular weight is 389 g/mol. The molecule has 3 aromatic rings. The number of amides is 1. The van der Waals surface area contributed by atoms with Gasteiger partial charge in [-0.15, -0.1) is 0 Å². The van der Waals surface area contributed by atoms with Gasteiger partial charge in [-0.2, -0.15) is 0 Å². The highest BCUT2D eigenvalue weighted by molar-refractivity contribution is 5.94. The third-order valence-electron chi connectivity index (χ3n) is 5.79. The summed E-state index contributed by atoms with van der Waals surface area (Å²) in [4.78, 5) is 19.1. The molecule has 6 heteroatoms. The molecule has 29 heavy (non-hydrogen) atoms. The Labute approximate surface area is 169 Å². The van der Waals surface area contributed by atoms with Crippen molar-refractivity contribution in [1.29, 1.82) is 0 Å². The average Bonchev–Trinajstić information content (AvgIpc) is 3.43. The smallest absolute Gasteiger partial charge is 0.251 e. The third kappa shape index (κ3) is 3.81. The number of nitrogens with one attached hydrogen (secondary N) is 1. The molecule has 0 aliphatic carbocycles. The third-order valence-corrected chi connectivity index (χ3v) is 5.79. The number of fused-ring (bicyclic) bond motifs is 1. The highest BCUT2D eigenvalue weighted by atomic mass is 16.5. The zero-order chi connectivity index (χ0) is 19.6. The van der Waals surface area contributed by atoms with Crippen molar-refractivity contribution in [2.45, 2.75) is 24.6 Å². The van der Waals surface area contributed by atoms with Gasteiger partial charge in [-0.25, -0.2) is 4.98 Å². The first-order chi connectivity index (χ1) is 14.3. The molecule has 0 spiro atoms. The number of carbonyl (C=O) groups is 1. The zero-order valence-electron chi connectivity index (χ0n) is 16.0. The van der Waals surface area contributed by atoms with Gasteiger partial charge in [0.25, 0.3) is 5.91 Å². The minimum Gasteiger partial charge on any atom is -0.444 e. The van der Waals surface area contributed by atoms with E-state index in [0.29, 0.717) is 24.0 Å². The van der Waals surface area contributed by atoms with Crippen LogP contribution in [0.1, 0.15) is 28.4 Å². The predicted octanol–water partition coefficient (Wildman–Crippen LogP) is 3.29. The number of aromatic nitrogens is 1. The van der Waals surface area contributed by atoms with Crippen molar-refractivity contribution in [2.24, 2.45) is 0 Å². The molecule has 0 bridgehead atoms. The fraction of sp³-hybridized carbons (Fsp3) is 0.304. The van der Waals surface area contributed by atoms with E-state index >= 15 is 0 Å². The lowest BCUT2D eigenvalue weighted by molar-refractivity contribution is -0.0502. The van der Waals surface area contributed by atoms with Crippen molar-refractivity contribution in [3.05, 3.63) is 78.3 Å². The van der Waals surface area contributed by atoms with Crippen molar-refractivity contribution < 1.29 is 13.9 Å². The van der Waals surface area contributed by atoms with Gasteiger partial charge in [0.1, 0.15) is 0 Å². The van der Waals surface area contributed by atoms with Gasteiger partial charge in [-0.3, -0.25) is 9.69 Å². The Bertz CT molecular complexity index is 957. The van der Waals surface area contributed by atoms with Crippen LogP contribution in [0.15, 0.2) is 71.6 Å². The minimum absolute atomic E-state index is 0.0421. The van der Waals surface area contributed by atoms with E-state index in [0.717, 1.165) is 25.1 Å². The number of carbonyl (C=O) groups excluding carboxylic acids is 1. The maximum absolute atomic E-state index is 12.7. The Balaban J connectivity index is 1.19. The first-order valence-corrected chi connectivity index (χ1v) is 9.96. The van der Waals surface area contributed by atoms with Crippen LogP contribution >= 0.6 is 0 Å². The molecule has 3 atom stereocenters. The topological polar surface area (TPSA) is 67.6 Å². The van der Waals surface area contributed by atoms with E-state index in [4.69, 9.17) is 9.15 Å². The lowest BCUT2D eigenvalue weighted by Gasteiger charge is -2.35. The lowest BCUT2D eigenvalue weighted by Crippen LogP contribution is -2.43. The second-order valence-electron chi connectivity index (χ2n) is 7.69. The maximum atomic E-state index is 12.7. The number of hydrogen-bond donors (Lipinski definition) is 1. The first kappa shape index (κ1) is 18.1. The van der Waals surface area contributed by atoms with Gasteiger partial charge in [0, 0.05) is 36.3 Å². The Morgan fingerprint density at radius 2 is 1.90 bits per heavy atom. The van der Waals surface area contributed by atoms with Gasteiger partial charge in [-0.05, 0) is 24.1 Å². The number of ether oxygens (including phenoxy) is 1. The summed E-state index contributed by atoms with van der Waals surface area (Å²) >= 11 is 0. The van der Waals surface area contributed by atoms with E-state index < -0.39 is 0 Å². The summed E-state index contributed by atoms with van der Waals surface area (Å²) in [5.74, 6) is 0.650. The van der Waals surface area contributed by atoms with Crippen molar-refractivity contribution in [2.75, 3.05) is 19.7 Å². The molecular weight excluding hydrogens is 366 g/mol. The summed E-state index contributed by atoms with van der Waals surface area (Å²) in [5, 5.41) is 3.19. The van der Waals surface area contributed by atoms with Gasteiger partial charge in [0.05, 0.1) is 18.9 Å². The van der Waals surface area contributed by atoms with Crippen LogP contribution in [0.2, 0.25) is 0 Å². The Kier molecular flexibility index (Phi) is 4.87. The van der Waals surface area contributed by atoms with Gasteiger partial charge in [-0.1, -0.05) is 42.5 Å². The van der Waals surface area contributed by atoms with Crippen LogP contribution in [0.25, 0.3) is 11.3 Å². The molecule has 5 rings (SSSR count). The fourth-order valence-electron chi connectivity index (χ4n) is 4.26. The first-order valence-electron chi connectivity index (χ1n) is 9.96. The van der Waals surface area contributed by atoms with E-state index in [1.807, 2.05) is 42.5 Å². The van der Waals surface area contributed by atoms with Crippen molar-refractivity contribution in [1.82, 2.24) is 15.2 Å². The summed E-state index contributed by atoms with van der Waals surface area (Å²) < 4.78 is 11.4. The van der Waals surface area contributed by atoms with Gasteiger partial charge < -0.3 is 14.5 Å². The Morgan fingerprint density at radius 3 is 2.66 bits per heavy atom. The van der Waals surface area contributed by atoms with Crippen molar-refractivity contribution in [3.63, 3.8) is 0 Å². The van der Waals surface area contributed by atoms with Gasteiger partial charge in [0.2, 0.25) is 0 Å². The summed E-state index contributed by atoms with van der Waals surface area (Å²) in [6.07, 6.45) is 4.08. The van der Waals surface area contributed by atoms with E-state index in [1.165, 1.54) is 12.0 Å². The van der Waals surface area contributed by atoms with E-state index in [1.54, 1.807) is 6.20 Å². The zero-order valence-corrected chi connectivity index (χ0v) is 16.0. The van der Waals surface area contributed by atoms with Gasteiger partial charge in [0.15, 0.2) is 12.2 Å². The van der Waals surface area contributed by atoms with Crippen LogP contribution in [0.3, 0.4) is 0 Å². The normalized spacial score (nSPS) is 24.2. The van der Waals surface area contributed by atoms with Crippen LogP contribution in [0.4, 0.5) is 0 Å². The molecule has 2 aliphatic heterocycles. The summed E-state index contributed by atoms with van der Waals surface area (Å²) in [6, 6.07) is 18.3. The Morgan fingerprint density at radius 1 is 1.07 bits per heavy atom. The highest BCUT2D eigenvalue weighted by Crippen LogP contribution is 2.30. The van der Waals surface area contributed by atoms with Crippen LogP contribution in [-0.4, -0.2) is 47.6 Å². The monoisotopic (exact) mass is 389 g/mol. The molecule has 2 aromatic carbocycles. The molecule has 0 radical (unpaired) electrons. The standard InChI is InChI=1S/C23H23N3O3/c27-23(18-8-6-17(7-9-18)21-11-24-15-29-21)25-19-10-20-14-28-22(13-26(20)12-19)16-4-2-1-3-5-16/h1-9,11,15,19-20,22H,10,12-14H2,(H,25,27)/t19-,20+,22-/m1/s1. The summed E-state index contributed by atoms with van der Waals surface area (Å²) in [6.45, 7) is 2.43. The second-order valence-corrected chi connectivity index (χ2v) is 7.69. The molecule has 1 amide bonds. The maximum Gasteiger partial charge on any atom is 0.251 e. The van der Waals surface area contributed by atoms with Crippen LogP contribution in [0.5, 0.6) is 0 Å². The number of oxazole rings is 1. The number of benzene rings is 2. The minimum atomic E-state index is -0.0421. The number of rotatable bonds is 4. The van der Waals surface area contributed by atoms with Crippen LogP contribution < -0.4 is 5.32 Å². The molecule has 1 aromatic heterocycles. The second kappa shape index (κ2) is 7.81. The molecule has 2 aliphatic rings. The Hall–Kier alpha value is -2.96. The highest BCUT2D eigenvalue weighted by Gasteiger charge is 2.38. The van der Waals surface area contributed by atoms with Gasteiger partial charge >= 0.3 is 0 Å². The number of nitrogens with zero attached hydrogens (tertiary/aromatic N) is 2. The summed E-state index contributed by atoms with van der Waals surface area (Å²) in [7, 11) is 0. The van der Waals surface area contributed by atoms with Crippen molar-refractivity contribution in [3.8, 4) is 11.3 Å². The largest absolute Gasteiger partial charge is 0.444 e. The van der Waals surface area contributed by atoms with E-state index in [9.17, 15) is 4.79 Å². The SMILES string of the molecule is O=C(N[C@@H]1C[C@H]2CO[C@@H](c3ccccc3)CN2C1)c1ccc(-c2cnco2)cc1. The molecule has 3 heterocycles. The quantitative estimate of drug-likeness (QED) is 0.742. The molecule has 6 nitrogen and oxygen atoms in total. The molecule has 0 saturated carbocycles. The molecular formula is C23H23N3O3.